The van der Waals surface area contributed by atoms with E-state index in [9.17, 15) is 4.79 Å². The van der Waals surface area contributed by atoms with Crippen LogP contribution >= 0.6 is 0 Å². The number of hydrogen-bond acceptors (Lipinski definition) is 5. The summed E-state index contributed by atoms with van der Waals surface area (Å²) in [6.07, 6.45) is 8.14. The third-order valence-corrected chi connectivity index (χ3v) is 5.74. The summed E-state index contributed by atoms with van der Waals surface area (Å²) in [7, 11) is 0. The lowest BCUT2D eigenvalue weighted by Gasteiger charge is -2.35. The monoisotopic (exact) mass is 412 g/mol. The van der Waals surface area contributed by atoms with Crippen LogP contribution in [0.2, 0.25) is 0 Å². The lowest BCUT2D eigenvalue weighted by atomic mass is 10.0. The predicted molar refractivity (Wildman–Crippen MR) is 122 cm³/mol. The molecule has 7 heteroatoms. The molecule has 156 valence electrons. The second-order valence-corrected chi connectivity index (χ2v) is 7.68. The van der Waals surface area contributed by atoms with Gasteiger partial charge in [-0.3, -0.25) is 20.4 Å². The van der Waals surface area contributed by atoms with Gasteiger partial charge in [-0.25, -0.2) is 0 Å². The number of carbonyl (C=O) groups is 1. The number of primary amides is 1. The van der Waals surface area contributed by atoms with E-state index >= 15 is 0 Å². The number of nitrogens with one attached hydrogen (secondary N) is 4. The van der Waals surface area contributed by atoms with Crippen molar-refractivity contribution in [3.05, 3.63) is 95.1 Å². The summed E-state index contributed by atoms with van der Waals surface area (Å²) in [5.41, 5.74) is 10.4. The zero-order valence-electron chi connectivity index (χ0n) is 16.9. The van der Waals surface area contributed by atoms with Gasteiger partial charge in [-0.2, -0.15) is 0 Å². The number of amides is 1. The van der Waals surface area contributed by atoms with Crippen LogP contribution in [0, 0.1) is 0 Å². The Labute approximate surface area is 180 Å². The normalized spacial score (nSPS) is 20.4. The fourth-order valence-corrected chi connectivity index (χ4v) is 4.21. The van der Waals surface area contributed by atoms with Crippen LogP contribution in [0.25, 0.3) is 10.8 Å². The fraction of sp³-hybridized carbons (Fsp3) is 0.167. The minimum Gasteiger partial charge on any atom is -0.366 e. The molecule has 7 nitrogen and oxygen atoms in total. The van der Waals surface area contributed by atoms with E-state index in [4.69, 9.17) is 5.73 Å². The molecule has 0 bridgehead atoms. The highest BCUT2D eigenvalue weighted by molar-refractivity contribution is 6.07. The van der Waals surface area contributed by atoms with Crippen LogP contribution in [-0.2, 0) is 6.54 Å². The fourth-order valence-electron chi connectivity index (χ4n) is 4.21. The molecule has 2 aromatic carbocycles. The number of hydrogen-bond donors (Lipinski definition) is 5. The van der Waals surface area contributed by atoms with Gasteiger partial charge in [0.05, 0.1) is 23.8 Å². The molecule has 31 heavy (non-hydrogen) atoms. The molecule has 0 radical (unpaired) electrons. The van der Waals surface area contributed by atoms with E-state index < -0.39 is 5.91 Å². The molecule has 2 aliphatic heterocycles. The molecule has 1 amide bonds. The van der Waals surface area contributed by atoms with Gasteiger partial charge in [-0.15, -0.1) is 0 Å². The van der Waals surface area contributed by atoms with Crippen molar-refractivity contribution in [1.29, 1.82) is 0 Å². The van der Waals surface area contributed by atoms with Gasteiger partial charge in [0.1, 0.15) is 6.17 Å². The third kappa shape index (κ3) is 3.76. The van der Waals surface area contributed by atoms with E-state index in [2.05, 4.69) is 44.1 Å². The Hall–Kier alpha value is -3.68. The van der Waals surface area contributed by atoms with Crippen molar-refractivity contribution in [2.45, 2.75) is 25.3 Å². The minimum atomic E-state index is -0.435. The van der Waals surface area contributed by atoms with E-state index in [-0.39, 0.29) is 12.3 Å². The molecule has 0 spiro atoms. The number of carbonyl (C=O) groups excluding carboxylic acids is 1. The number of aromatic amines is 1. The first-order valence-corrected chi connectivity index (χ1v) is 10.3. The van der Waals surface area contributed by atoms with Crippen LogP contribution in [0.3, 0.4) is 0 Å². The zero-order chi connectivity index (χ0) is 21.2. The molecule has 2 aliphatic rings. The number of aromatic nitrogens is 1. The Morgan fingerprint density at radius 1 is 1.13 bits per heavy atom. The van der Waals surface area contributed by atoms with Crippen molar-refractivity contribution in [1.82, 2.24) is 20.9 Å². The lowest BCUT2D eigenvalue weighted by Crippen LogP contribution is -2.53. The van der Waals surface area contributed by atoms with Crippen molar-refractivity contribution in [2.24, 2.45) is 10.7 Å². The standard InChI is InChI=1S/C24H24N6O/c25-22(31)17-9-4-8-16-19(17)13-27-21(16)24-29-20-14-26-11-5-10-18(20)23(30-24)28-12-15-6-2-1-3-7-15/h1-9,11,13-14,23-24,27-30H,10,12H2,(H2,25,31). The number of allylic oxidation sites excluding steroid dienone is 2. The van der Waals surface area contributed by atoms with Gasteiger partial charge in [0.25, 0.3) is 0 Å². The number of fused-ring (bicyclic) bond motifs is 1. The van der Waals surface area contributed by atoms with Crippen molar-refractivity contribution >= 4 is 22.9 Å². The Morgan fingerprint density at radius 2 is 2.00 bits per heavy atom. The molecule has 3 aromatic rings. The maximum atomic E-state index is 11.8. The van der Waals surface area contributed by atoms with Crippen molar-refractivity contribution in [2.75, 3.05) is 0 Å². The maximum Gasteiger partial charge on any atom is 0.249 e. The minimum absolute atomic E-state index is 0.0478. The first kappa shape index (κ1) is 19.3. The quantitative estimate of drug-likeness (QED) is 0.444. The van der Waals surface area contributed by atoms with Gasteiger partial charge in [-0.05, 0) is 23.6 Å². The SMILES string of the molecule is NC(=O)c1cccc2c(C3NC4=C(CC=CN=C4)C(NCc4ccccc4)N3)[nH]cc12. The Morgan fingerprint density at radius 3 is 2.84 bits per heavy atom. The molecular formula is C24H24N6O. The molecule has 3 heterocycles. The number of nitrogens with zero attached hydrogens (tertiary/aromatic N) is 1. The van der Waals surface area contributed by atoms with Crippen molar-refractivity contribution < 1.29 is 4.79 Å². The Bertz CT molecular complexity index is 1210. The number of rotatable bonds is 5. The molecule has 0 saturated heterocycles. The summed E-state index contributed by atoms with van der Waals surface area (Å²) in [4.78, 5) is 19.5. The smallest absolute Gasteiger partial charge is 0.249 e. The molecule has 0 aliphatic carbocycles. The van der Waals surface area contributed by atoms with E-state index in [0.29, 0.717) is 5.56 Å². The molecule has 2 unspecified atom stereocenters. The average Bonchev–Trinajstić information content (AvgIpc) is 3.08. The summed E-state index contributed by atoms with van der Waals surface area (Å²) in [6.45, 7) is 0.736. The topological polar surface area (TPSA) is 107 Å². The highest BCUT2D eigenvalue weighted by atomic mass is 16.1. The number of H-pyrrole nitrogens is 1. The first-order chi connectivity index (χ1) is 15.2. The molecular weight excluding hydrogens is 388 g/mol. The summed E-state index contributed by atoms with van der Waals surface area (Å²) < 4.78 is 0. The summed E-state index contributed by atoms with van der Waals surface area (Å²) >= 11 is 0. The van der Waals surface area contributed by atoms with Gasteiger partial charge >= 0.3 is 0 Å². The summed E-state index contributed by atoms with van der Waals surface area (Å²) in [5, 5.41) is 12.6. The van der Waals surface area contributed by atoms with E-state index in [1.165, 1.54) is 11.1 Å². The van der Waals surface area contributed by atoms with Crippen LogP contribution < -0.4 is 21.7 Å². The summed E-state index contributed by atoms with van der Waals surface area (Å²) in [6, 6.07) is 15.9. The molecule has 0 fully saturated rings. The van der Waals surface area contributed by atoms with Gasteiger partial charge in [0.2, 0.25) is 5.91 Å². The molecule has 1 aromatic heterocycles. The van der Waals surface area contributed by atoms with Gasteiger partial charge in [-0.1, -0.05) is 48.5 Å². The maximum absolute atomic E-state index is 11.8. The van der Waals surface area contributed by atoms with Gasteiger partial charge < -0.3 is 16.0 Å². The van der Waals surface area contributed by atoms with Gasteiger partial charge in [0, 0.05) is 35.3 Å². The molecule has 2 atom stereocenters. The Balaban J connectivity index is 1.48. The van der Waals surface area contributed by atoms with E-state index in [1.54, 1.807) is 6.07 Å². The van der Waals surface area contributed by atoms with Gasteiger partial charge in [0.15, 0.2) is 0 Å². The number of nitrogens with two attached hydrogens (primary N) is 1. The lowest BCUT2D eigenvalue weighted by molar-refractivity contribution is 0.100. The highest BCUT2D eigenvalue weighted by Crippen LogP contribution is 2.29. The summed E-state index contributed by atoms with van der Waals surface area (Å²) in [5.74, 6) is -0.435. The average molecular weight is 412 g/mol. The van der Waals surface area contributed by atoms with Crippen LogP contribution in [0.15, 0.2) is 83.3 Å². The number of aliphatic imine (C=N–C) groups is 1. The van der Waals surface area contributed by atoms with Crippen molar-refractivity contribution in [3.63, 3.8) is 0 Å². The molecule has 6 N–H and O–H groups in total. The second-order valence-electron chi connectivity index (χ2n) is 7.68. The molecule has 0 saturated carbocycles. The highest BCUT2D eigenvalue weighted by Gasteiger charge is 2.30. The first-order valence-electron chi connectivity index (χ1n) is 10.3. The Kier molecular flexibility index (Phi) is 5.11. The van der Waals surface area contributed by atoms with E-state index in [1.807, 2.05) is 48.9 Å². The largest absolute Gasteiger partial charge is 0.366 e. The second kappa shape index (κ2) is 8.22. The zero-order valence-corrected chi connectivity index (χ0v) is 16.9. The number of benzene rings is 2. The van der Waals surface area contributed by atoms with E-state index in [0.717, 1.165) is 35.1 Å². The predicted octanol–water partition coefficient (Wildman–Crippen LogP) is 2.82. The van der Waals surface area contributed by atoms with Crippen LogP contribution in [0.1, 0.15) is 34.2 Å². The van der Waals surface area contributed by atoms with Crippen LogP contribution in [0.4, 0.5) is 0 Å². The van der Waals surface area contributed by atoms with Crippen LogP contribution in [0.5, 0.6) is 0 Å². The van der Waals surface area contributed by atoms with Crippen LogP contribution in [-0.4, -0.2) is 23.3 Å². The third-order valence-electron chi connectivity index (χ3n) is 5.74. The van der Waals surface area contributed by atoms with Crippen molar-refractivity contribution in [3.8, 4) is 0 Å². The molecule has 5 rings (SSSR count).